The van der Waals surface area contributed by atoms with E-state index in [1.54, 1.807) is 30.0 Å². The molecule has 0 radical (unpaired) electrons. The summed E-state index contributed by atoms with van der Waals surface area (Å²) in [6, 6.07) is 15.3. The van der Waals surface area contributed by atoms with Crippen LogP contribution in [0.3, 0.4) is 0 Å². The summed E-state index contributed by atoms with van der Waals surface area (Å²) in [7, 11) is 0. The Morgan fingerprint density at radius 2 is 1.96 bits per heavy atom. The highest BCUT2D eigenvalue weighted by Crippen LogP contribution is 2.36. The molecular formula is C20H22N2O3. The van der Waals surface area contributed by atoms with Gasteiger partial charge in [0.2, 0.25) is 5.91 Å². The standard InChI is InChI=1S/C20H22N2O3/c1-3-22-17-13-16(10-11-18(17)25-14(2)20(22)24)21-19(23)12-9-15-7-5-4-6-8-15/h4-8,10-11,13-14H,3,9,12H2,1-2H3,(H,21,23). The molecule has 1 N–H and O–H groups in total. The number of anilines is 2. The van der Waals surface area contributed by atoms with Crippen molar-refractivity contribution in [3.63, 3.8) is 0 Å². The number of hydrogen-bond donors (Lipinski definition) is 1. The summed E-state index contributed by atoms with van der Waals surface area (Å²) < 4.78 is 5.64. The van der Waals surface area contributed by atoms with Gasteiger partial charge in [-0.05, 0) is 44.0 Å². The third kappa shape index (κ3) is 3.82. The molecular weight excluding hydrogens is 316 g/mol. The topological polar surface area (TPSA) is 58.6 Å². The largest absolute Gasteiger partial charge is 0.479 e. The second-order valence-corrected chi connectivity index (χ2v) is 6.06. The molecule has 1 heterocycles. The first-order valence-corrected chi connectivity index (χ1v) is 8.54. The van der Waals surface area contributed by atoms with Gasteiger partial charge >= 0.3 is 0 Å². The summed E-state index contributed by atoms with van der Waals surface area (Å²) in [4.78, 5) is 26.1. The van der Waals surface area contributed by atoms with Gasteiger partial charge in [0, 0.05) is 18.7 Å². The Balaban J connectivity index is 1.68. The van der Waals surface area contributed by atoms with Gasteiger partial charge in [-0.25, -0.2) is 0 Å². The van der Waals surface area contributed by atoms with Crippen LogP contribution in [0.15, 0.2) is 48.5 Å². The molecule has 2 amide bonds. The molecule has 1 aliphatic rings. The fourth-order valence-corrected chi connectivity index (χ4v) is 2.94. The van der Waals surface area contributed by atoms with Gasteiger partial charge in [-0.15, -0.1) is 0 Å². The quantitative estimate of drug-likeness (QED) is 0.909. The number of carbonyl (C=O) groups is 2. The van der Waals surface area contributed by atoms with Crippen molar-refractivity contribution in [3.05, 3.63) is 54.1 Å². The Bertz CT molecular complexity index is 774. The highest BCUT2D eigenvalue weighted by Gasteiger charge is 2.30. The van der Waals surface area contributed by atoms with Gasteiger partial charge in [-0.1, -0.05) is 30.3 Å². The van der Waals surface area contributed by atoms with E-state index < -0.39 is 6.10 Å². The highest BCUT2D eigenvalue weighted by atomic mass is 16.5. The number of benzene rings is 2. The molecule has 2 aromatic carbocycles. The minimum Gasteiger partial charge on any atom is -0.479 e. The lowest BCUT2D eigenvalue weighted by Crippen LogP contribution is -2.44. The zero-order valence-corrected chi connectivity index (χ0v) is 14.5. The van der Waals surface area contributed by atoms with Gasteiger partial charge in [0.05, 0.1) is 5.69 Å². The molecule has 130 valence electrons. The molecule has 0 spiro atoms. The van der Waals surface area contributed by atoms with Crippen LogP contribution in [0.5, 0.6) is 5.75 Å². The summed E-state index contributed by atoms with van der Waals surface area (Å²) >= 11 is 0. The Hall–Kier alpha value is -2.82. The molecule has 1 aliphatic heterocycles. The number of ether oxygens (including phenoxy) is 1. The Morgan fingerprint density at radius 1 is 1.20 bits per heavy atom. The maximum Gasteiger partial charge on any atom is 0.267 e. The van der Waals surface area contributed by atoms with Crippen LogP contribution in [-0.4, -0.2) is 24.5 Å². The van der Waals surface area contributed by atoms with Gasteiger partial charge in [0.25, 0.3) is 5.91 Å². The summed E-state index contributed by atoms with van der Waals surface area (Å²) in [5.74, 6) is 0.544. The van der Waals surface area contributed by atoms with E-state index in [2.05, 4.69) is 5.32 Å². The zero-order chi connectivity index (χ0) is 17.8. The molecule has 0 saturated heterocycles. The number of nitrogens with one attached hydrogen (secondary N) is 1. The monoisotopic (exact) mass is 338 g/mol. The lowest BCUT2D eigenvalue weighted by Gasteiger charge is -2.32. The van der Waals surface area contributed by atoms with Crippen molar-refractivity contribution in [1.29, 1.82) is 0 Å². The summed E-state index contributed by atoms with van der Waals surface area (Å²) in [6.07, 6.45) is 0.613. The fourth-order valence-electron chi connectivity index (χ4n) is 2.94. The Morgan fingerprint density at radius 3 is 2.68 bits per heavy atom. The van der Waals surface area contributed by atoms with Crippen molar-refractivity contribution in [1.82, 2.24) is 0 Å². The molecule has 3 rings (SSSR count). The van der Waals surface area contributed by atoms with E-state index in [1.165, 1.54) is 0 Å². The van der Waals surface area contributed by atoms with Crippen molar-refractivity contribution in [2.24, 2.45) is 0 Å². The average molecular weight is 338 g/mol. The minimum absolute atomic E-state index is 0.0525. The van der Waals surface area contributed by atoms with Crippen LogP contribution >= 0.6 is 0 Å². The van der Waals surface area contributed by atoms with Crippen molar-refractivity contribution in [3.8, 4) is 5.75 Å². The van der Waals surface area contributed by atoms with E-state index >= 15 is 0 Å². The van der Waals surface area contributed by atoms with Crippen molar-refractivity contribution in [2.75, 3.05) is 16.8 Å². The van der Waals surface area contributed by atoms with Crippen LogP contribution in [0.25, 0.3) is 0 Å². The van der Waals surface area contributed by atoms with E-state index in [9.17, 15) is 9.59 Å². The number of hydrogen-bond acceptors (Lipinski definition) is 3. The summed E-state index contributed by atoms with van der Waals surface area (Å²) in [5, 5.41) is 2.90. The summed E-state index contributed by atoms with van der Waals surface area (Å²) in [6.45, 7) is 4.23. The van der Waals surface area contributed by atoms with Gasteiger partial charge < -0.3 is 15.0 Å². The molecule has 0 fully saturated rings. The van der Waals surface area contributed by atoms with E-state index in [-0.39, 0.29) is 11.8 Å². The first kappa shape index (κ1) is 17.0. The van der Waals surface area contributed by atoms with Crippen LogP contribution in [0.2, 0.25) is 0 Å². The van der Waals surface area contributed by atoms with Crippen molar-refractivity contribution < 1.29 is 14.3 Å². The van der Waals surface area contributed by atoms with E-state index in [0.29, 0.717) is 36.5 Å². The van der Waals surface area contributed by atoms with Crippen molar-refractivity contribution >= 4 is 23.2 Å². The summed E-state index contributed by atoms with van der Waals surface area (Å²) in [5.41, 5.74) is 2.50. The maximum absolute atomic E-state index is 12.2. The first-order valence-electron chi connectivity index (χ1n) is 8.54. The second kappa shape index (κ2) is 7.38. The average Bonchev–Trinajstić information content (AvgIpc) is 2.62. The predicted molar refractivity (Wildman–Crippen MR) is 98.0 cm³/mol. The molecule has 5 heteroatoms. The number of fused-ring (bicyclic) bond motifs is 1. The molecule has 1 unspecified atom stereocenters. The molecule has 25 heavy (non-hydrogen) atoms. The van der Waals surface area contributed by atoms with E-state index in [0.717, 1.165) is 5.56 Å². The second-order valence-electron chi connectivity index (χ2n) is 6.06. The molecule has 5 nitrogen and oxygen atoms in total. The van der Waals surface area contributed by atoms with Crippen LogP contribution in [0.1, 0.15) is 25.8 Å². The van der Waals surface area contributed by atoms with Gasteiger partial charge in [-0.3, -0.25) is 9.59 Å². The van der Waals surface area contributed by atoms with Crippen LogP contribution < -0.4 is 15.0 Å². The number of rotatable bonds is 5. The molecule has 1 atom stereocenters. The number of aryl methyl sites for hydroxylation is 1. The van der Waals surface area contributed by atoms with Gasteiger partial charge in [0.15, 0.2) is 6.10 Å². The van der Waals surface area contributed by atoms with Gasteiger partial charge in [-0.2, -0.15) is 0 Å². The molecule has 0 aromatic heterocycles. The highest BCUT2D eigenvalue weighted by molar-refractivity contribution is 6.01. The predicted octanol–water partition coefficient (Wildman–Crippen LogP) is 3.39. The smallest absolute Gasteiger partial charge is 0.267 e. The maximum atomic E-state index is 12.2. The van der Waals surface area contributed by atoms with Crippen LogP contribution in [0, 0.1) is 0 Å². The zero-order valence-electron chi connectivity index (χ0n) is 14.5. The molecule has 0 saturated carbocycles. The van der Waals surface area contributed by atoms with Crippen LogP contribution in [0.4, 0.5) is 11.4 Å². The minimum atomic E-state index is -0.487. The third-order valence-electron chi connectivity index (χ3n) is 4.25. The van der Waals surface area contributed by atoms with E-state index in [1.807, 2.05) is 37.3 Å². The number of amides is 2. The van der Waals surface area contributed by atoms with E-state index in [4.69, 9.17) is 4.74 Å². The van der Waals surface area contributed by atoms with Crippen LogP contribution in [-0.2, 0) is 16.0 Å². The lowest BCUT2D eigenvalue weighted by molar-refractivity contribution is -0.125. The Kier molecular flexibility index (Phi) is 5.03. The Labute approximate surface area is 147 Å². The number of likely N-dealkylation sites (N-methyl/N-ethyl adjacent to an activating group) is 1. The molecule has 2 aromatic rings. The lowest BCUT2D eigenvalue weighted by atomic mass is 10.1. The first-order chi connectivity index (χ1) is 12.1. The molecule has 0 aliphatic carbocycles. The number of nitrogens with zero attached hydrogens (tertiary/aromatic N) is 1. The van der Waals surface area contributed by atoms with Crippen molar-refractivity contribution in [2.45, 2.75) is 32.8 Å². The fraction of sp³-hybridized carbons (Fsp3) is 0.300. The molecule has 0 bridgehead atoms. The normalized spacial score (nSPS) is 16.2. The van der Waals surface area contributed by atoms with Gasteiger partial charge in [0.1, 0.15) is 5.75 Å². The SMILES string of the molecule is CCN1C(=O)C(C)Oc2ccc(NC(=O)CCc3ccccc3)cc21. The number of carbonyl (C=O) groups excluding carboxylic acids is 2. The third-order valence-corrected chi connectivity index (χ3v) is 4.25.